The Morgan fingerprint density at radius 3 is 2.50 bits per heavy atom. The van der Waals surface area contributed by atoms with E-state index < -0.39 is 0 Å². The molecule has 0 unspecified atom stereocenters. The van der Waals surface area contributed by atoms with E-state index in [2.05, 4.69) is 60.6 Å². The largest absolute Gasteiger partial charge is 0.368 e. The van der Waals surface area contributed by atoms with E-state index in [0.717, 1.165) is 44.8 Å². The van der Waals surface area contributed by atoms with Gasteiger partial charge < -0.3 is 20.4 Å². The van der Waals surface area contributed by atoms with Crippen LogP contribution >= 0.6 is 11.6 Å². The first kappa shape index (κ1) is 20.4. The molecule has 1 aromatic carbocycles. The Hall–Kier alpha value is -2.90. The summed E-state index contributed by atoms with van der Waals surface area (Å²) in [5, 5.41) is 6.94. The van der Waals surface area contributed by atoms with Crippen LogP contribution in [0.2, 0.25) is 5.02 Å². The van der Waals surface area contributed by atoms with E-state index >= 15 is 0 Å². The summed E-state index contributed by atoms with van der Waals surface area (Å²) in [6.07, 6.45) is 4.38. The van der Waals surface area contributed by atoms with Gasteiger partial charge in [0.15, 0.2) is 5.82 Å². The first-order valence-electron chi connectivity index (χ1n) is 10.1. The van der Waals surface area contributed by atoms with Gasteiger partial charge in [-0.1, -0.05) is 41.9 Å². The number of nitrogens with one attached hydrogen (secondary N) is 2. The summed E-state index contributed by atoms with van der Waals surface area (Å²) >= 11 is 6.26. The molecule has 0 amide bonds. The maximum absolute atomic E-state index is 6.26. The van der Waals surface area contributed by atoms with Crippen molar-refractivity contribution in [3.8, 4) is 0 Å². The third-order valence-corrected chi connectivity index (χ3v) is 5.43. The van der Waals surface area contributed by atoms with Gasteiger partial charge in [0.2, 0.25) is 5.95 Å². The van der Waals surface area contributed by atoms with Gasteiger partial charge in [-0.05, 0) is 31.2 Å². The lowest BCUT2D eigenvalue weighted by molar-refractivity contribution is 0.313. The predicted octanol–water partition coefficient (Wildman–Crippen LogP) is 3.68. The molecule has 7 nitrogen and oxygen atoms in total. The van der Waals surface area contributed by atoms with Crippen molar-refractivity contribution in [2.24, 2.45) is 0 Å². The third-order valence-electron chi connectivity index (χ3n) is 5.15. The second-order valence-electron chi connectivity index (χ2n) is 7.37. The number of likely N-dealkylation sites (N-methyl/N-ethyl adjacent to an activating group) is 1. The number of benzene rings is 1. The summed E-state index contributed by atoms with van der Waals surface area (Å²) in [6, 6.07) is 14.3. The highest BCUT2D eigenvalue weighted by Gasteiger charge is 2.14. The van der Waals surface area contributed by atoms with Crippen LogP contribution in [0.1, 0.15) is 5.56 Å². The normalized spacial score (nSPS) is 14.5. The molecular formula is C22H26ClN7. The van der Waals surface area contributed by atoms with Gasteiger partial charge in [-0.2, -0.15) is 4.98 Å². The molecule has 8 heteroatoms. The van der Waals surface area contributed by atoms with E-state index in [1.165, 1.54) is 5.56 Å². The van der Waals surface area contributed by atoms with Gasteiger partial charge in [0.05, 0.1) is 18.1 Å². The zero-order valence-corrected chi connectivity index (χ0v) is 17.8. The Morgan fingerprint density at radius 2 is 1.77 bits per heavy atom. The topological polar surface area (TPSA) is 69.2 Å². The number of halogens is 1. The minimum atomic E-state index is 0.460. The Bertz CT molecular complexity index is 941. The number of piperazine rings is 1. The zero-order valence-electron chi connectivity index (χ0n) is 17.1. The summed E-state index contributed by atoms with van der Waals surface area (Å²) in [7, 11) is 2.15. The van der Waals surface area contributed by atoms with Crippen LogP contribution in [0, 0.1) is 0 Å². The Kier molecular flexibility index (Phi) is 6.61. The monoisotopic (exact) mass is 423 g/mol. The van der Waals surface area contributed by atoms with Crippen molar-refractivity contribution < 1.29 is 0 Å². The van der Waals surface area contributed by atoms with E-state index in [9.17, 15) is 0 Å². The highest BCUT2D eigenvalue weighted by molar-refractivity contribution is 6.32. The molecule has 1 fully saturated rings. The molecule has 156 valence electrons. The summed E-state index contributed by atoms with van der Waals surface area (Å²) in [6.45, 7) is 4.90. The fraction of sp³-hybridized carbons (Fsp3) is 0.318. The van der Waals surface area contributed by atoms with Crippen LogP contribution in [-0.4, -0.2) is 59.6 Å². The zero-order chi connectivity index (χ0) is 20.8. The van der Waals surface area contributed by atoms with Crippen molar-refractivity contribution in [2.45, 2.75) is 6.42 Å². The number of rotatable bonds is 7. The molecule has 1 aliphatic heterocycles. The lowest BCUT2D eigenvalue weighted by Crippen LogP contribution is -2.44. The number of aromatic nitrogens is 3. The molecular weight excluding hydrogens is 398 g/mol. The van der Waals surface area contributed by atoms with E-state index in [1.807, 2.05) is 30.5 Å². The van der Waals surface area contributed by atoms with Gasteiger partial charge in [0.1, 0.15) is 10.8 Å². The SMILES string of the molecule is CN1CCN(c2ccc(Nc3ncc(Cl)c(NCCc4ccccc4)n3)nc2)CC1. The summed E-state index contributed by atoms with van der Waals surface area (Å²) in [5.41, 5.74) is 2.40. The number of hydrogen-bond acceptors (Lipinski definition) is 7. The quantitative estimate of drug-likeness (QED) is 0.600. The molecule has 0 atom stereocenters. The molecule has 3 aromatic rings. The molecule has 1 saturated heterocycles. The summed E-state index contributed by atoms with van der Waals surface area (Å²) in [4.78, 5) is 18.0. The molecule has 0 saturated carbocycles. The molecule has 0 spiro atoms. The number of hydrogen-bond donors (Lipinski definition) is 2. The van der Waals surface area contributed by atoms with Crippen LogP contribution in [0.4, 0.5) is 23.3 Å². The number of pyridine rings is 1. The van der Waals surface area contributed by atoms with Crippen molar-refractivity contribution >= 4 is 34.9 Å². The molecule has 1 aliphatic rings. The average molecular weight is 424 g/mol. The molecule has 2 aromatic heterocycles. The fourth-order valence-corrected chi connectivity index (χ4v) is 3.51. The van der Waals surface area contributed by atoms with Gasteiger partial charge >= 0.3 is 0 Å². The highest BCUT2D eigenvalue weighted by atomic mass is 35.5. The lowest BCUT2D eigenvalue weighted by Gasteiger charge is -2.33. The van der Waals surface area contributed by atoms with Crippen LogP contribution in [-0.2, 0) is 6.42 Å². The predicted molar refractivity (Wildman–Crippen MR) is 123 cm³/mol. The van der Waals surface area contributed by atoms with E-state index in [1.54, 1.807) is 6.20 Å². The molecule has 0 aliphatic carbocycles. The first-order chi connectivity index (χ1) is 14.7. The summed E-state index contributed by atoms with van der Waals surface area (Å²) < 4.78 is 0. The average Bonchev–Trinajstić information content (AvgIpc) is 2.78. The van der Waals surface area contributed by atoms with Crippen LogP contribution in [0.15, 0.2) is 54.9 Å². The van der Waals surface area contributed by atoms with E-state index in [-0.39, 0.29) is 0 Å². The number of nitrogens with zero attached hydrogens (tertiary/aromatic N) is 5. The molecule has 3 heterocycles. The maximum Gasteiger partial charge on any atom is 0.230 e. The minimum Gasteiger partial charge on any atom is -0.368 e. The van der Waals surface area contributed by atoms with Crippen molar-refractivity contribution in [1.82, 2.24) is 19.9 Å². The van der Waals surface area contributed by atoms with Crippen LogP contribution < -0.4 is 15.5 Å². The van der Waals surface area contributed by atoms with E-state index in [4.69, 9.17) is 11.6 Å². The molecule has 0 radical (unpaired) electrons. The maximum atomic E-state index is 6.26. The Balaban J connectivity index is 1.35. The third kappa shape index (κ3) is 5.37. The number of anilines is 4. The minimum absolute atomic E-state index is 0.460. The first-order valence-corrected chi connectivity index (χ1v) is 10.5. The lowest BCUT2D eigenvalue weighted by atomic mass is 10.1. The van der Waals surface area contributed by atoms with Crippen LogP contribution in [0.3, 0.4) is 0 Å². The highest BCUT2D eigenvalue weighted by Crippen LogP contribution is 2.22. The van der Waals surface area contributed by atoms with Crippen molar-refractivity contribution in [2.75, 3.05) is 55.3 Å². The molecule has 30 heavy (non-hydrogen) atoms. The standard InChI is InChI=1S/C22H26ClN7/c1-29-11-13-30(14-12-29)18-7-8-20(25-15-18)27-22-26-16-19(23)21(28-22)24-10-9-17-5-3-2-4-6-17/h2-8,15-16H,9-14H2,1H3,(H2,24,25,26,27,28). The molecule has 4 rings (SSSR count). The van der Waals surface area contributed by atoms with E-state index in [0.29, 0.717) is 22.6 Å². The molecule has 0 bridgehead atoms. The second-order valence-corrected chi connectivity index (χ2v) is 7.78. The van der Waals surface area contributed by atoms with Crippen molar-refractivity contribution in [1.29, 1.82) is 0 Å². The van der Waals surface area contributed by atoms with Crippen LogP contribution in [0.5, 0.6) is 0 Å². The van der Waals surface area contributed by atoms with Crippen LogP contribution in [0.25, 0.3) is 0 Å². The van der Waals surface area contributed by atoms with Gasteiger partial charge in [0.25, 0.3) is 0 Å². The van der Waals surface area contributed by atoms with Crippen molar-refractivity contribution in [3.63, 3.8) is 0 Å². The Labute approximate surface area is 182 Å². The van der Waals surface area contributed by atoms with Gasteiger partial charge in [0, 0.05) is 32.7 Å². The Morgan fingerprint density at radius 1 is 0.967 bits per heavy atom. The van der Waals surface area contributed by atoms with Gasteiger partial charge in [-0.25, -0.2) is 9.97 Å². The fourth-order valence-electron chi connectivity index (χ4n) is 3.35. The molecule has 2 N–H and O–H groups in total. The van der Waals surface area contributed by atoms with Gasteiger partial charge in [-0.15, -0.1) is 0 Å². The van der Waals surface area contributed by atoms with Crippen molar-refractivity contribution in [3.05, 3.63) is 65.4 Å². The second kappa shape index (κ2) is 9.73. The van der Waals surface area contributed by atoms with Gasteiger partial charge in [-0.3, -0.25) is 0 Å². The summed E-state index contributed by atoms with van der Waals surface area (Å²) in [5.74, 6) is 1.77. The smallest absolute Gasteiger partial charge is 0.230 e.